The topological polar surface area (TPSA) is 83.3 Å². The fourth-order valence-electron chi connectivity index (χ4n) is 5.91. The lowest BCUT2D eigenvalue weighted by atomic mass is 9.69. The number of aromatic hydroxyl groups is 1. The maximum atomic E-state index is 12.0. The van der Waals surface area contributed by atoms with Crippen LogP contribution in [0.4, 0.5) is 5.82 Å². The fraction of sp³-hybridized carbons (Fsp3) is 0.444. The minimum Gasteiger partial charge on any atom is -0.507 e. The summed E-state index contributed by atoms with van der Waals surface area (Å²) < 4.78 is 1.52. The van der Waals surface area contributed by atoms with Gasteiger partial charge in [-0.05, 0) is 87.4 Å². The molecule has 3 aromatic rings. The number of hydrogen-bond donors (Lipinski definition) is 2. The predicted molar refractivity (Wildman–Crippen MR) is 135 cm³/mol. The number of hydrogen-bond acceptors (Lipinski definition) is 6. The zero-order valence-corrected chi connectivity index (χ0v) is 20.4. The van der Waals surface area contributed by atoms with Crippen molar-refractivity contribution in [2.45, 2.75) is 63.1 Å². The van der Waals surface area contributed by atoms with Crippen molar-refractivity contribution in [3.8, 4) is 28.1 Å². The molecule has 34 heavy (non-hydrogen) atoms. The first kappa shape index (κ1) is 22.6. The highest BCUT2D eigenvalue weighted by Crippen LogP contribution is 2.42. The average molecular weight is 460 g/mol. The standard InChI is InChI=1S/C27H33N5O2/c1-26-11-5-12-27(2,30-26)17-20(16-26)32(4)24-9-8-22(28-29-24)21-7-6-18(14-23(21)33)19-10-13-31(3)25(34)15-19/h6-10,13-15,20,30,33H,5,11-12,16-17H2,1-4H3/t20-,26-,27+. The van der Waals surface area contributed by atoms with E-state index in [1.54, 1.807) is 25.4 Å². The van der Waals surface area contributed by atoms with E-state index < -0.39 is 0 Å². The van der Waals surface area contributed by atoms with Gasteiger partial charge in [0.05, 0.1) is 5.69 Å². The van der Waals surface area contributed by atoms with Gasteiger partial charge in [0, 0.05) is 49.0 Å². The van der Waals surface area contributed by atoms with Crippen LogP contribution in [-0.4, -0.2) is 44.0 Å². The summed E-state index contributed by atoms with van der Waals surface area (Å²) in [4.78, 5) is 14.2. The van der Waals surface area contributed by atoms with Gasteiger partial charge in [0.25, 0.3) is 5.56 Å². The van der Waals surface area contributed by atoms with E-state index in [4.69, 9.17) is 0 Å². The van der Waals surface area contributed by atoms with Gasteiger partial charge in [-0.25, -0.2) is 0 Å². The summed E-state index contributed by atoms with van der Waals surface area (Å²) in [7, 11) is 3.82. The summed E-state index contributed by atoms with van der Waals surface area (Å²) >= 11 is 0. The number of anilines is 1. The number of pyridine rings is 1. The van der Waals surface area contributed by atoms with E-state index in [9.17, 15) is 9.90 Å². The van der Waals surface area contributed by atoms with Crippen molar-refractivity contribution < 1.29 is 5.11 Å². The number of phenols is 1. The molecule has 1 aromatic carbocycles. The second kappa shape index (κ2) is 8.24. The van der Waals surface area contributed by atoms with Crippen LogP contribution in [0.25, 0.3) is 22.4 Å². The Kier molecular flexibility index (Phi) is 5.47. The number of nitrogens with one attached hydrogen (secondary N) is 1. The van der Waals surface area contributed by atoms with E-state index in [1.165, 1.54) is 23.8 Å². The second-order valence-corrected chi connectivity index (χ2v) is 10.6. The van der Waals surface area contributed by atoms with Crippen LogP contribution in [0, 0.1) is 0 Å². The molecule has 7 heteroatoms. The van der Waals surface area contributed by atoms with Crippen LogP contribution in [0.1, 0.15) is 46.0 Å². The van der Waals surface area contributed by atoms with Crippen LogP contribution < -0.4 is 15.8 Å². The van der Waals surface area contributed by atoms with Gasteiger partial charge < -0.3 is 19.9 Å². The van der Waals surface area contributed by atoms with Crippen LogP contribution in [0.15, 0.2) is 53.5 Å². The normalized spacial score (nSPS) is 26.3. The largest absolute Gasteiger partial charge is 0.507 e. The van der Waals surface area contributed by atoms with Gasteiger partial charge in [-0.3, -0.25) is 4.79 Å². The third kappa shape index (κ3) is 4.20. The molecule has 0 unspecified atom stereocenters. The highest BCUT2D eigenvalue weighted by molar-refractivity contribution is 5.74. The molecular formula is C27H33N5O2. The van der Waals surface area contributed by atoms with Crippen LogP contribution in [0.3, 0.4) is 0 Å². The number of aromatic nitrogens is 3. The van der Waals surface area contributed by atoms with Gasteiger partial charge in [-0.2, -0.15) is 0 Å². The minimum atomic E-state index is -0.0907. The average Bonchev–Trinajstić information content (AvgIpc) is 2.79. The molecule has 7 nitrogen and oxygen atoms in total. The predicted octanol–water partition coefficient (Wildman–Crippen LogP) is 4.10. The van der Waals surface area contributed by atoms with Gasteiger partial charge in [-0.15, -0.1) is 10.2 Å². The Hall–Kier alpha value is -3.19. The van der Waals surface area contributed by atoms with E-state index in [2.05, 4.69) is 41.3 Å². The molecular weight excluding hydrogens is 426 g/mol. The Labute approximate surface area is 200 Å². The molecule has 0 spiro atoms. The summed E-state index contributed by atoms with van der Waals surface area (Å²) in [5.41, 5.74) is 3.04. The number of phenolic OH excluding ortho intramolecular Hbond substituents is 1. The van der Waals surface area contributed by atoms with E-state index in [1.807, 2.05) is 30.3 Å². The number of rotatable bonds is 4. The highest BCUT2D eigenvalue weighted by Gasteiger charge is 2.46. The van der Waals surface area contributed by atoms with Gasteiger partial charge in [0.1, 0.15) is 5.75 Å². The molecule has 3 atom stereocenters. The van der Waals surface area contributed by atoms with Crippen molar-refractivity contribution in [2.75, 3.05) is 11.9 Å². The molecule has 4 heterocycles. The molecule has 2 aromatic heterocycles. The maximum Gasteiger partial charge on any atom is 0.250 e. The van der Waals surface area contributed by atoms with E-state index in [0.717, 1.165) is 29.8 Å². The lowest BCUT2D eigenvalue weighted by Gasteiger charge is -2.55. The number of piperidine rings is 2. The quantitative estimate of drug-likeness (QED) is 0.611. The zero-order valence-electron chi connectivity index (χ0n) is 20.4. The molecule has 2 bridgehead atoms. The van der Waals surface area contributed by atoms with Gasteiger partial charge in [-0.1, -0.05) is 6.07 Å². The highest BCUT2D eigenvalue weighted by atomic mass is 16.3. The summed E-state index contributed by atoms with van der Waals surface area (Å²) in [6.07, 6.45) is 7.61. The van der Waals surface area contributed by atoms with E-state index in [0.29, 0.717) is 17.3 Å². The van der Waals surface area contributed by atoms with Gasteiger partial charge >= 0.3 is 0 Å². The summed E-state index contributed by atoms with van der Waals surface area (Å²) in [5.74, 6) is 0.956. The lowest BCUT2D eigenvalue weighted by molar-refractivity contribution is 0.0784. The number of benzene rings is 1. The molecule has 2 saturated heterocycles. The Morgan fingerprint density at radius 3 is 2.35 bits per heavy atom. The van der Waals surface area contributed by atoms with Crippen molar-refractivity contribution in [1.29, 1.82) is 0 Å². The summed E-state index contributed by atoms with van der Waals surface area (Å²) in [6, 6.07) is 13.1. The first-order chi connectivity index (χ1) is 16.1. The van der Waals surface area contributed by atoms with Crippen molar-refractivity contribution in [1.82, 2.24) is 20.1 Å². The Balaban J connectivity index is 1.36. The van der Waals surface area contributed by atoms with Crippen LogP contribution in [-0.2, 0) is 7.05 Å². The Morgan fingerprint density at radius 2 is 1.74 bits per heavy atom. The van der Waals surface area contributed by atoms with Crippen LogP contribution in [0.2, 0.25) is 0 Å². The summed E-state index contributed by atoms with van der Waals surface area (Å²) in [6.45, 7) is 4.69. The Morgan fingerprint density at radius 1 is 1.03 bits per heavy atom. The zero-order chi connectivity index (χ0) is 24.1. The number of aryl methyl sites for hydroxylation is 1. The van der Waals surface area contributed by atoms with Gasteiger partial charge in [0.15, 0.2) is 5.82 Å². The van der Waals surface area contributed by atoms with E-state index >= 15 is 0 Å². The SMILES string of the molecule is CN(c1ccc(-c2ccc(-c3ccn(C)c(=O)c3)cc2O)nn1)[C@H]1C[C@]2(C)CCC[C@](C)(C1)N2. The van der Waals surface area contributed by atoms with Crippen molar-refractivity contribution >= 4 is 5.82 Å². The molecule has 2 aliphatic heterocycles. The molecule has 5 rings (SSSR count). The molecule has 0 aliphatic carbocycles. The molecule has 178 valence electrons. The number of nitrogens with zero attached hydrogens (tertiary/aromatic N) is 4. The number of fused-ring (bicyclic) bond motifs is 2. The third-order valence-electron chi connectivity index (χ3n) is 7.70. The smallest absolute Gasteiger partial charge is 0.250 e. The second-order valence-electron chi connectivity index (χ2n) is 10.6. The third-order valence-corrected chi connectivity index (χ3v) is 7.70. The van der Waals surface area contributed by atoms with Crippen molar-refractivity contribution in [2.24, 2.45) is 7.05 Å². The van der Waals surface area contributed by atoms with Crippen LogP contribution in [0.5, 0.6) is 5.75 Å². The summed E-state index contributed by atoms with van der Waals surface area (Å²) in [5, 5.41) is 23.5. The van der Waals surface area contributed by atoms with E-state index in [-0.39, 0.29) is 22.4 Å². The lowest BCUT2D eigenvalue weighted by Crippen LogP contribution is -2.66. The first-order valence-electron chi connectivity index (χ1n) is 12.0. The molecule has 2 fully saturated rings. The fourth-order valence-corrected chi connectivity index (χ4v) is 5.91. The molecule has 0 amide bonds. The minimum absolute atomic E-state index is 0.0907. The van der Waals surface area contributed by atoms with Gasteiger partial charge in [0.2, 0.25) is 0 Å². The molecule has 0 radical (unpaired) electrons. The molecule has 2 aliphatic rings. The van der Waals surface area contributed by atoms with Crippen molar-refractivity contribution in [3.05, 3.63) is 59.0 Å². The molecule has 2 N–H and O–H groups in total. The van der Waals surface area contributed by atoms with Crippen molar-refractivity contribution in [3.63, 3.8) is 0 Å². The maximum absolute atomic E-state index is 12.0. The van der Waals surface area contributed by atoms with Crippen LogP contribution >= 0.6 is 0 Å². The molecule has 0 saturated carbocycles. The first-order valence-corrected chi connectivity index (χ1v) is 12.0. The monoisotopic (exact) mass is 459 g/mol. The Bertz CT molecular complexity index is 1250.